The molecule has 66 valence electrons. The predicted molar refractivity (Wildman–Crippen MR) is 44.5 cm³/mol. The van der Waals surface area contributed by atoms with Crippen molar-refractivity contribution < 1.29 is 4.74 Å². The summed E-state index contributed by atoms with van der Waals surface area (Å²) in [6.45, 7) is 0.749. The van der Waals surface area contributed by atoms with Crippen LogP contribution in [0, 0.1) is 0 Å². The van der Waals surface area contributed by atoms with Crippen LogP contribution < -0.4 is 5.73 Å². The molecule has 0 radical (unpaired) electrons. The highest BCUT2D eigenvalue weighted by Crippen LogP contribution is 2.25. The third-order valence-corrected chi connectivity index (χ3v) is 2.25. The topological polar surface area (TPSA) is 53.1 Å². The number of nitrogens with zero attached hydrogens (tertiary/aromatic N) is 2. The van der Waals surface area contributed by atoms with Crippen LogP contribution in [0.5, 0.6) is 0 Å². The van der Waals surface area contributed by atoms with E-state index in [-0.39, 0.29) is 12.1 Å². The van der Waals surface area contributed by atoms with E-state index in [0.29, 0.717) is 0 Å². The van der Waals surface area contributed by atoms with Crippen molar-refractivity contribution in [2.75, 3.05) is 6.61 Å². The van der Waals surface area contributed by atoms with Crippen molar-refractivity contribution in [2.45, 2.75) is 18.6 Å². The maximum absolute atomic E-state index is 5.86. The lowest BCUT2D eigenvalue weighted by Gasteiger charge is -2.13. The van der Waals surface area contributed by atoms with Crippen LogP contribution in [0.25, 0.3) is 0 Å². The molecule has 1 aromatic rings. The molecule has 2 heterocycles. The molecule has 4 nitrogen and oxygen atoms in total. The average molecular weight is 167 g/mol. The Morgan fingerprint density at radius 1 is 1.75 bits per heavy atom. The Morgan fingerprint density at radius 2 is 2.58 bits per heavy atom. The van der Waals surface area contributed by atoms with Crippen molar-refractivity contribution in [1.29, 1.82) is 0 Å². The summed E-state index contributed by atoms with van der Waals surface area (Å²) in [5.41, 5.74) is 5.86. The number of nitrogens with two attached hydrogens (primary N) is 1. The molecule has 1 saturated heterocycles. The highest BCUT2D eigenvalue weighted by atomic mass is 16.5. The second-order valence-electron chi connectivity index (χ2n) is 3.14. The van der Waals surface area contributed by atoms with Crippen molar-refractivity contribution in [3.05, 3.63) is 18.2 Å². The second-order valence-corrected chi connectivity index (χ2v) is 3.14. The molecule has 0 bridgehead atoms. The average Bonchev–Trinajstić information content (AvgIpc) is 2.59. The Kier molecular flexibility index (Phi) is 1.86. The molecule has 4 heteroatoms. The van der Waals surface area contributed by atoms with Gasteiger partial charge in [0.15, 0.2) is 0 Å². The highest BCUT2D eigenvalue weighted by molar-refractivity contribution is 5.01. The maximum atomic E-state index is 5.86. The molecule has 2 N–H and O–H groups in total. The zero-order valence-electron chi connectivity index (χ0n) is 7.10. The molecule has 1 aromatic heterocycles. The van der Waals surface area contributed by atoms with E-state index < -0.39 is 0 Å². The number of rotatable bonds is 1. The minimum Gasteiger partial charge on any atom is -0.369 e. The molecule has 12 heavy (non-hydrogen) atoms. The summed E-state index contributed by atoms with van der Waals surface area (Å²) >= 11 is 0. The summed E-state index contributed by atoms with van der Waals surface area (Å²) in [6.07, 6.45) is 4.59. The summed E-state index contributed by atoms with van der Waals surface area (Å²) < 4.78 is 7.44. The van der Waals surface area contributed by atoms with Crippen LogP contribution in [0.3, 0.4) is 0 Å². The van der Waals surface area contributed by atoms with Crippen molar-refractivity contribution in [3.63, 3.8) is 0 Å². The van der Waals surface area contributed by atoms with E-state index in [0.717, 1.165) is 18.9 Å². The number of imidazole rings is 1. The van der Waals surface area contributed by atoms with Crippen molar-refractivity contribution >= 4 is 0 Å². The lowest BCUT2D eigenvalue weighted by molar-refractivity contribution is 0.0957. The lowest BCUT2D eigenvalue weighted by atomic mass is 10.1. The first-order valence-electron chi connectivity index (χ1n) is 4.13. The Bertz CT molecular complexity index is 271. The van der Waals surface area contributed by atoms with E-state index in [1.165, 1.54) is 0 Å². The van der Waals surface area contributed by atoms with Gasteiger partial charge in [0.1, 0.15) is 11.9 Å². The van der Waals surface area contributed by atoms with Gasteiger partial charge in [-0.3, -0.25) is 0 Å². The van der Waals surface area contributed by atoms with Gasteiger partial charge in [-0.25, -0.2) is 4.98 Å². The van der Waals surface area contributed by atoms with Crippen LogP contribution in [-0.4, -0.2) is 22.2 Å². The molecule has 0 aromatic carbocycles. The molecule has 1 aliphatic rings. The van der Waals surface area contributed by atoms with Gasteiger partial charge in [0.05, 0.1) is 0 Å². The maximum Gasteiger partial charge on any atom is 0.139 e. The van der Waals surface area contributed by atoms with Crippen molar-refractivity contribution in [3.8, 4) is 0 Å². The summed E-state index contributed by atoms with van der Waals surface area (Å²) in [5.74, 6) is 0.931. The fourth-order valence-corrected chi connectivity index (χ4v) is 1.52. The minimum absolute atomic E-state index is 0.00926. The van der Waals surface area contributed by atoms with E-state index in [1.54, 1.807) is 6.20 Å². The van der Waals surface area contributed by atoms with Gasteiger partial charge in [0.2, 0.25) is 0 Å². The van der Waals surface area contributed by atoms with Crippen LogP contribution in [0.4, 0.5) is 0 Å². The SMILES string of the molecule is Cn1ccnc1C1OCCC1N. The zero-order valence-corrected chi connectivity index (χ0v) is 7.10. The zero-order chi connectivity index (χ0) is 8.55. The highest BCUT2D eigenvalue weighted by Gasteiger charge is 2.29. The number of hydrogen-bond acceptors (Lipinski definition) is 3. The van der Waals surface area contributed by atoms with Gasteiger partial charge in [0, 0.05) is 32.1 Å². The quantitative estimate of drug-likeness (QED) is 0.650. The molecule has 1 fully saturated rings. The van der Waals surface area contributed by atoms with Crippen molar-refractivity contribution in [2.24, 2.45) is 12.8 Å². The second kappa shape index (κ2) is 2.88. The van der Waals surface area contributed by atoms with E-state index >= 15 is 0 Å². The molecule has 1 aliphatic heterocycles. The first kappa shape index (κ1) is 7.76. The summed E-state index contributed by atoms with van der Waals surface area (Å²) in [5, 5.41) is 0. The molecule has 2 atom stereocenters. The Balaban J connectivity index is 2.24. The monoisotopic (exact) mass is 167 g/mol. The van der Waals surface area contributed by atoms with Crippen LogP contribution in [-0.2, 0) is 11.8 Å². The molecule has 2 unspecified atom stereocenters. The molecule has 2 rings (SSSR count). The Labute approximate surface area is 71.3 Å². The van der Waals surface area contributed by atoms with Gasteiger partial charge in [0.25, 0.3) is 0 Å². The molecule has 0 saturated carbocycles. The van der Waals surface area contributed by atoms with Gasteiger partial charge in [-0.05, 0) is 6.42 Å². The van der Waals surface area contributed by atoms with Gasteiger partial charge in [-0.1, -0.05) is 0 Å². The number of aryl methyl sites for hydroxylation is 1. The molecule has 0 amide bonds. The first-order chi connectivity index (χ1) is 5.79. The van der Waals surface area contributed by atoms with Crippen LogP contribution in [0.2, 0.25) is 0 Å². The molecular weight excluding hydrogens is 154 g/mol. The standard InChI is InChI=1S/C8H13N3O/c1-11-4-3-10-8(11)7-6(9)2-5-12-7/h3-4,6-7H,2,5,9H2,1H3. The Morgan fingerprint density at radius 3 is 3.08 bits per heavy atom. The molecule has 0 spiro atoms. The van der Waals surface area contributed by atoms with Gasteiger partial charge < -0.3 is 15.0 Å². The minimum atomic E-state index is -0.00926. The van der Waals surface area contributed by atoms with E-state index in [1.807, 2.05) is 17.8 Å². The number of aromatic nitrogens is 2. The van der Waals surface area contributed by atoms with Crippen LogP contribution in [0.15, 0.2) is 12.4 Å². The summed E-state index contributed by atoms with van der Waals surface area (Å²) in [4.78, 5) is 4.21. The van der Waals surface area contributed by atoms with Crippen LogP contribution in [0.1, 0.15) is 18.3 Å². The van der Waals surface area contributed by atoms with E-state index in [9.17, 15) is 0 Å². The normalized spacial score (nSPS) is 29.5. The molecular formula is C8H13N3O. The largest absolute Gasteiger partial charge is 0.369 e. The summed E-state index contributed by atoms with van der Waals surface area (Å²) in [7, 11) is 1.96. The third-order valence-electron chi connectivity index (χ3n) is 2.25. The van der Waals surface area contributed by atoms with E-state index in [4.69, 9.17) is 10.5 Å². The lowest BCUT2D eigenvalue weighted by Crippen LogP contribution is -2.25. The molecule has 0 aliphatic carbocycles. The number of ether oxygens (including phenoxy) is 1. The van der Waals surface area contributed by atoms with E-state index in [2.05, 4.69) is 4.98 Å². The Hall–Kier alpha value is -0.870. The smallest absolute Gasteiger partial charge is 0.139 e. The van der Waals surface area contributed by atoms with Crippen LogP contribution >= 0.6 is 0 Å². The van der Waals surface area contributed by atoms with Gasteiger partial charge in [-0.15, -0.1) is 0 Å². The van der Waals surface area contributed by atoms with Gasteiger partial charge in [-0.2, -0.15) is 0 Å². The fraction of sp³-hybridized carbons (Fsp3) is 0.625. The fourth-order valence-electron chi connectivity index (χ4n) is 1.52. The third kappa shape index (κ3) is 1.13. The number of hydrogen-bond donors (Lipinski definition) is 1. The predicted octanol–water partition coefficient (Wildman–Crippen LogP) is 0.209. The first-order valence-corrected chi connectivity index (χ1v) is 4.13. The van der Waals surface area contributed by atoms with Crippen molar-refractivity contribution in [1.82, 2.24) is 9.55 Å². The summed E-state index contributed by atoms with van der Waals surface area (Å²) in [6, 6.07) is 0.103. The van der Waals surface area contributed by atoms with Gasteiger partial charge >= 0.3 is 0 Å².